The van der Waals surface area contributed by atoms with Crippen LogP contribution in [-0.4, -0.2) is 24.5 Å². The quantitative estimate of drug-likeness (QED) is 0.600. The molecule has 1 fully saturated rings. The van der Waals surface area contributed by atoms with Gasteiger partial charge in [-0.05, 0) is 26.3 Å². The lowest BCUT2D eigenvalue weighted by atomic mass is 10.2. The summed E-state index contributed by atoms with van der Waals surface area (Å²) in [7, 11) is 0. The van der Waals surface area contributed by atoms with E-state index in [1.807, 2.05) is 6.92 Å². The minimum atomic E-state index is 0.0207. The van der Waals surface area contributed by atoms with Crippen molar-refractivity contribution in [2.24, 2.45) is 0 Å². The highest BCUT2D eigenvalue weighted by Gasteiger charge is 2.21. The van der Waals surface area contributed by atoms with E-state index < -0.39 is 0 Å². The van der Waals surface area contributed by atoms with E-state index in [-0.39, 0.29) is 18.0 Å². The zero-order valence-electron chi connectivity index (χ0n) is 7.47. The molecule has 1 aliphatic rings. The van der Waals surface area contributed by atoms with Crippen molar-refractivity contribution in [1.82, 2.24) is 10.6 Å². The summed E-state index contributed by atoms with van der Waals surface area (Å²) < 4.78 is 0. The van der Waals surface area contributed by atoms with Gasteiger partial charge in [0.05, 0.1) is 6.04 Å². The fourth-order valence-electron chi connectivity index (χ4n) is 1.29. The van der Waals surface area contributed by atoms with Gasteiger partial charge in [-0.3, -0.25) is 4.79 Å². The summed E-state index contributed by atoms with van der Waals surface area (Å²) in [6.45, 7) is 6.48. The zero-order chi connectivity index (χ0) is 8.97. The lowest BCUT2D eigenvalue weighted by Crippen LogP contribution is -2.43. The van der Waals surface area contributed by atoms with Gasteiger partial charge < -0.3 is 10.6 Å². The largest absolute Gasteiger partial charge is 0.349 e. The third-order valence-electron chi connectivity index (χ3n) is 2.10. The molecule has 1 aliphatic heterocycles. The van der Waals surface area contributed by atoms with Crippen molar-refractivity contribution in [1.29, 1.82) is 0 Å². The van der Waals surface area contributed by atoms with E-state index in [4.69, 9.17) is 0 Å². The Morgan fingerprint density at radius 3 is 3.08 bits per heavy atom. The first-order chi connectivity index (χ1) is 5.74. The molecule has 1 amide bonds. The SMILES string of the molecule is C=CC(C)NC(=O)[C@H]1CCCN1. The third-order valence-corrected chi connectivity index (χ3v) is 2.10. The zero-order valence-corrected chi connectivity index (χ0v) is 7.47. The number of amides is 1. The predicted molar refractivity (Wildman–Crippen MR) is 48.8 cm³/mol. The Hall–Kier alpha value is -0.830. The molecule has 1 heterocycles. The summed E-state index contributed by atoms with van der Waals surface area (Å²) in [5, 5.41) is 5.99. The van der Waals surface area contributed by atoms with Crippen molar-refractivity contribution in [2.45, 2.75) is 31.8 Å². The van der Waals surface area contributed by atoms with Crippen LogP contribution in [0, 0.1) is 0 Å². The second-order valence-corrected chi connectivity index (χ2v) is 3.18. The summed E-state index contributed by atoms with van der Waals surface area (Å²) in [6.07, 6.45) is 3.78. The predicted octanol–water partition coefficient (Wildman–Crippen LogP) is 0.429. The highest BCUT2D eigenvalue weighted by Crippen LogP contribution is 2.04. The van der Waals surface area contributed by atoms with E-state index in [1.54, 1.807) is 6.08 Å². The Balaban J connectivity index is 2.31. The summed E-state index contributed by atoms with van der Waals surface area (Å²) >= 11 is 0. The van der Waals surface area contributed by atoms with E-state index in [2.05, 4.69) is 17.2 Å². The number of nitrogens with one attached hydrogen (secondary N) is 2. The van der Waals surface area contributed by atoms with E-state index in [0.717, 1.165) is 19.4 Å². The molecule has 0 radical (unpaired) electrons. The smallest absolute Gasteiger partial charge is 0.237 e. The Kier molecular flexibility index (Phi) is 3.29. The first-order valence-corrected chi connectivity index (χ1v) is 4.40. The normalized spacial score (nSPS) is 24.9. The van der Waals surface area contributed by atoms with Crippen molar-refractivity contribution < 1.29 is 4.79 Å². The molecule has 1 unspecified atom stereocenters. The molecule has 68 valence electrons. The molecule has 2 N–H and O–H groups in total. The van der Waals surface area contributed by atoms with Crippen molar-refractivity contribution in [3.05, 3.63) is 12.7 Å². The molecule has 0 spiro atoms. The molecule has 12 heavy (non-hydrogen) atoms. The van der Waals surface area contributed by atoms with Gasteiger partial charge in [0.15, 0.2) is 0 Å². The molecule has 3 heteroatoms. The molecular weight excluding hydrogens is 152 g/mol. The van der Waals surface area contributed by atoms with E-state index in [1.165, 1.54) is 0 Å². The Bertz CT molecular complexity index is 173. The summed E-state index contributed by atoms with van der Waals surface area (Å²) in [6, 6.07) is 0.0901. The van der Waals surface area contributed by atoms with Gasteiger partial charge in [-0.1, -0.05) is 6.08 Å². The number of rotatable bonds is 3. The van der Waals surface area contributed by atoms with Crippen LogP contribution in [0.25, 0.3) is 0 Å². The van der Waals surface area contributed by atoms with Crippen LogP contribution in [0.4, 0.5) is 0 Å². The van der Waals surface area contributed by atoms with Gasteiger partial charge in [-0.15, -0.1) is 6.58 Å². The van der Waals surface area contributed by atoms with Crippen LogP contribution in [0.5, 0.6) is 0 Å². The maximum Gasteiger partial charge on any atom is 0.237 e. The van der Waals surface area contributed by atoms with Crippen LogP contribution >= 0.6 is 0 Å². The maximum atomic E-state index is 11.4. The van der Waals surface area contributed by atoms with Crippen molar-refractivity contribution >= 4 is 5.91 Å². The molecular formula is C9H16N2O. The minimum absolute atomic E-state index is 0.0207. The van der Waals surface area contributed by atoms with Gasteiger partial charge in [0.1, 0.15) is 0 Å². The summed E-state index contributed by atoms with van der Waals surface area (Å²) in [4.78, 5) is 11.4. The van der Waals surface area contributed by atoms with Crippen LogP contribution in [0.3, 0.4) is 0 Å². The van der Waals surface area contributed by atoms with Crippen LogP contribution in [0.1, 0.15) is 19.8 Å². The molecule has 0 aromatic rings. The molecule has 1 saturated heterocycles. The van der Waals surface area contributed by atoms with Gasteiger partial charge in [0.25, 0.3) is 0 Å². The van der Waals surface area contributed by atoms with E-state index in [0.29, 0.717) is 0 Å². The summed E-state index contributed by atoms with van der Waals surface area (Å²) in [5.41, 5.74) is 0. The average Bonchev–Trinajstić information content (AvgIpc) is 2.56. The first-order valence-electron chi connectivity index (χ1n) is 4.40. The fourth-order valence-corrected chi connectivity index (χ4v) is 1.29. The van der Waals surface area contributed by atoms with Crippen LogP contribution in [-0.2, 0) is 4.79 Å². The molecule has 2 atom stereocenters. The highest BCUT2D eigenvalue weighted by molar-refractivity contribution is 5.82. The number of hydrogen-bond donors (Lipinski definition) is 2. The van der Waals surface area contributed by atoms with Gasteiger partial charge in [-0.2, -0.15) is 0 Å². The standard InChI is InChI=1S/C9H16N2O/c1-3-7(2)11-9(12)8-5-4-6-10-8/h3,7-8,10H,1,4-6H2,2H3,(H,11,12)/t7?,8-/m1/s1. The van der Waals surface area contributed by atoms with Crippen molar-refractivity contribution in [3.63, 3.8) is 0 Å². The monoisotopic (exact) mass is 168 g/mol. The van der Waals surface area contributed by atoms with Gasteiger partial charge in [0, 0.05) is 6.04 Å². The number of carbonyl (C=O) groups excluding carboxylic acids is 1. The molecule has 0 aromatic carbocycles. The van der Waals surface area contributed by atoms with Gasteiger partial charge >= 0.3 is 0 Å². The lowest BCUT2D eigenvalue weighted by Gasteiger charge is -2.13. The third kappa shape index (κ3) is 2.34. The highest BCUT2D eigenvalue weighted by atomic mass is 16.2. The van der Waals surface area contributed by atoms with Crippen LogP contribution < -0.4 is 10.6 Å². The number of carbonyl (C=O) groups is 1. The molecule has 0 aliphatic carbocycles. The average molecular weight is 168 g/mol. The first kappa shape index (κ1) is 9.26. The number of hydrogen-bond acceptors (Lipinski definition) is 2. The maximum absolute atomic E-state index is 11.4. The molecule has 0 saturated carbocycles. The van der Waals surface area contributed by atoms with Gasteiger partial charge in [0.2, 0.25) is 5.91 Å². The second-order valence-electron chi connectivity index (χ2n) is 3.18. The Morgan fingerprint density at radius 1 is 1.83 bits per heavy atom. The molecule has 1 rings (SSSR count). The Labute approximate surface area is 73.2 Å². The molecule has 3 nitrogen and oxygen atoms in total. The lowest BCUT2D eigenvalue weighted by molar-refractivity contribution is -0.123. The van der Waals surface area contributed by atoms with Crippen molar-refractivity contribution in [2.75, 3.05) is 6.54 Å². The molecule has 0 bridgehead atoms. The Morgan fingerprint density at radius 2 is 2.58 bits per heavy atom. The van der Waals surface area contributed by atoms with Crippen molar-refractivity contribution in [3.8, 4) is 0 Å². The minimum Gasteiger partial charge on any atom is -0.349 e. The van der Waals surface area contributed by atoms with Crippen LogP contribution in [0.15, 0.2) is 12.7 Å². The van der Waals surface area contributed by atoms with E-state index in [9.17, 15) is 4.79 Å². The molecule has 0 aromatic heterocycles. The van der Waals surface area contributed by atoms with Crippen LogP contribution in [0.2, 0.25) is 0 Å². The second kappa shape index (κ2) is 4.26. The fraction of sp³-hybridized carbons (Fsp3) is 0.667. The topological polar surface area (TPSA) is 41.1 Å². The van der Waals surface area contributed by atoms with Gasteiger partial charge in [-0.25, -0.2) is 0 Å². The van der Waals surface area contributed by atoms with E-state index >= 15 is 0 Å². The summed E-state index contributed by atoms with van der Waals surface area (Å²) in [5.74, 6) is 0.0971.